The zero-order chi connectivity index (χ0) is 22.9. The van der Waals surface area contributed by atoms with Crippen molar-refractivity contribution in [3.8, 4) is 28.7 Å². The molecular formula is C23H20N10O. The Morgan fingerprint density at radius 3 is 2.85 bits per heavy atom. The lowest BCUT2D eigenvalue weighted by molar-refractivity contribution is 0.0414. The van der Waals surface area contributed by atoms with Crippen LogP contribution in [0.2, 0.25) is 0 Å². The van der Waals surface area contributed by atoms with E-state index in [2.05, 4.69) is 57.5 Å². The Morgan fingerprint density at radius 2 is 1.97 bits per heavy atom. The molecule has 0 unspecified atom stereocenters. The number of ether oxygens (including phenoxy) is 1. The normalized spacial score (nSPS) is 14.4. The Hall–Kier alpha value is -4.40. The van der Waals surface area contributed by atoms with E-state index < -0.39 is 0 Å². The molecule has 1 saturated heterocycles. The predicted molar refractivity (Wildman–Crippen MR) is 126 cm³/mol. The number of anilines is 1. The molecule has 0 bridgehead atoms. The second kappa shape index (κ2) is 8.51. The fourth-order valence-electron chi connectivity index (χ4n) is 4.02. The number of imidazole rings is 1. The van der Waals surface area contributed by atoms with Gasteiger partial charge in [0.2, 0.25) is 0 Å². The molecule has 6 rings (SSSR count). The molecule has 6 heterocycles. The summed E-state index contributed by atoms with van der Waals surface area (Å²) in [4.78, 5) is 23.2. The molecule has 0 spiro atoms. The summed E-state index contributed by atoms with van der Waals surface area (Å²) in [6.45, 7) is 4.09. The molecule has 1 aliphatic heterocycles. The molecule has 5 aromatic heterocycles. The molecule has 0 saturated carbocycles. The van der Waals surface area contributed by atoms with E-state index >= 15 is 0 Å². The number of aromatic amines is 2. The van der Waals surface area contributed by atoms with Crippen molar-refractivity contribution in [1.29, 1.82) is 5.26 Å². The summed E-state index contributed by atoms with van der Waals surface area (Å²) < 4.78 is 5.41. The Morgan fingerprint density at radius 1 is 1.09 bits per heavy atom. The van der Waals surface area contributed by atoms with E-state index in [-0.39, 0.29) is 0 Å². The van der Waals surface area contributed by atoms with Crippen LogP contribution in [0.3, 0.4) is 0 Å². The average Bonchev–Trinajstić information content (AvgIpc) is 3.52. The van der Waals surface area contributed by atoms with Crippen LogP contribution in [-0.4, -0.2) is 73.0 Å². The largest absolute Gasteiger partial charge is 0.379 e. The third-order valence-electron chi connectivity index (χ3n) is 5.84. The van der Waals surface area contributed by atoms with Gasteiger partial charge < -0.3 is 15.0 Å². The third kappa shape index (κ3) is 3.71. The summed E-state index contributed by atoms with van der Waals surface area (Å²) in [6, 6.07) is 7.88. The van der Waals surface area contributed by atoms with Crippen LogP contribution < -0.4 is 5.32 Å². The summed E-state index contributed by atoms with van der Waals surface area (Å²) in [5.74, 6) is 0.547. The first kappa shape index (κ1) is 20.2. The van der Waals surface area contributed by atoms with Gasteiger partial charge in [-0.25, -0.2) is 15.0 Å². The molecule has 11 nitrogen and oxygen atoms in total. The maximum absolute atomic E-state index is 9.37. The van der Waals surface area contributed by atoms with Crippen molar-refractivity contribution in [2.24, 2.45) is 0 Å². The zero-order valence-electron chi connectivity index (χ0n) is 18.1. The van der Waals surface area contributed by atoms with Gasteiger partial charge in [0.15, 0.2) is 17.1 Å². The van der Waals surface area contributed by atoms with Gasteiger partial charge in [-0.2, -0.15) is 10.4 Å². The highest BCUT2D eigenvalue weighted by atomic mass is 16.5. The molecule has 1 aliphatic rings. The van der Waals surface area contributed by atoms with Crippen LogP contribution in [0.1, 0.15) is 5.56 Å². The Kier molecular flexibility index (Phi) is 5.06. The number of nitrogens with zero attached hydrogens (tertiary/aromatic N) is 7. The van der Waals surface area contributed by atoms with Gasteiger partial charge in [0.1, 0.15) is 17.3 Å². The molecule has 0 aliphatic carbocycles. The summed E-state index contributed by atoms with van der Waals surface area (Å²) in [6.07, 6.45) is 6.98. The maximum atomic E-state index is 9.37. The monoisotopic (exact) mass is 452 g/mol. The van der Waals surface area contributed by atoms with Crippen molar-refractivity contribution >= 4 is 27.9 Å². The van der Waals surface area contributed by atoms with Crippen LogP contribution >= 0.6 is 0 Å². The van der Waals surface area contributed by atoms with Gasteiger partial charge in [0.25, 0.3) is 0 Å². The summed E-state index contributed by atoms with van der Waals surface area (Å²) in [5.41, 5.74) is 5.58. The number of rotatable bonds is 5. The van der Waals surface area contributed by atoms with Gasteiger partial charge >= 0.3 is 0 Å². The number of aromatic nitrogens is 7. The Bertz CT molecular complexity index is 1530. The number of nitrogens with one attached hydrogen (secondary N) is 3. The number of hydrogen-bond donors (Lipinski definition) is 3. The lowest BCUT2D eigenvalue weighted by Crippen LogP contribution is -2.39. The molecule has 5 aromatic rings. The van der Waals surface area contributed by atoms with Crippen LogP contribution in [0.15, 0.2) is 43.0 Å². The maximum Gasteiger partial charge on any atom is 0.181 e. The standard InChI is InChI=1S/C23H20N10O/c24-9-14-1-2-26-22-19(14)29-23(30-22)20-18-8-16(11-27-21(18)32-31-20)15-7-17(12-25-10-15)28-13-33-3-5-34-6-4-33/h1-2,7-8,10-12,28H,3-6,13H2,(H,26,29,30)(H,27,31,32). The first-order valence-electron chi connectivity index (χ1n) is 10.9. The molecule has 1 fully saturated rings. The predicted octanol–water partition coefficient (Wildman–Crippen LogP) is 2.53. The number of pyridine rings is 3. The van der Waals surface area contributed by atoms with Crippen molar-refractivity contribution in [3.05, 3.63) is 48.5 Å². The second-order valence-corrected chi connectivity index (χ2v) is 7.98. The summed E-state index contributed by atoms with van der Waals surface area (Å²) in [7, 11) is 0. The molecule has 3 N–H and O–H groups in total. The van der Waals surface area contributed by atoms with E-state index in [1.165, 1.54) is 0 Å². The Labute approximate surface area is 193 Å². The van der Waals surface area contributed by atoms with Crippen molar-refractivity contribution in [2.75, 3.05) is 38.3 Å². The van der Waals surface area contributed by atoms with Crippen molar-refractivity contribution in [3.63, 3.8) is 0 Å². The van der Waals surface area contributed by atoms with Crippen LogP contribution in [0.5, 0.6) is 0 Å². The van der Waals surface area contributed by atoms with Crippen LogP contribution in [0, 0.1) is 11.3 Å². The minimum absolute atomic E-state index is 0.476. The summed E-state index contributed by atoms with van der Waals surface area (Å²) >= 11 is 0. The lowest BCUT2D eigenvalue weighted by Gasteiger charge is -2.27. The van der Waals surface area contributed by atoms with E-state index in [1.54, 1.807) is 18.5 Å². The fourth-order valence-corrected chi connectivity index (χ4v) is 4.02. The minimum Gasteiger partial charge on any atom is -0.379 e. The van der Waals surface area contributed by atoms with Crippen molar-refractivity contribution in [2.45, 2.75) is 0 Å². The van der Waals surface area contributed by atoms with E-state index in [1.807, 2.05) is 18.5 Å². The number of H-pyrrole nitrogens is 2. The van der Waals surface area contributed by atoms with Gasteiger partial charge in [-0.05, 0) is 18.2 Å². The molecule has 0 aromatic carbocycles. The van der Waals surface area contributed by atoms with E-state index in [4.69, 9.17) is 4.74 Å². The topological polar surface area (TPSA) is 144 Å². The van der Waals surface area contributed by atoms with E-state index in [0.717, 1.165) is 55.2 Å². The second-order valence-electron chi connectivity index (χ2n) is 7.98. The molecule has 11 heteroatoms. The lowest BCUT2D eigenvalue weighted by atomic mass is 10.1. The van der Waals surface area contributed by atoms with Crippen molar-refractivity contribution < 1.29 is 4.74 Å². The fraction of sp³-hybridized carbons (Fsp3) is 0.217. The third-order valence-corrected chi connectivity index (χ3v) is 5.84. The first-order chi connectivity index (χ1) is 16.8. The first-order valence-corrected chi connectivity index (χ1v) is 10.9. The van der Waals surface area contributed by atoms with E-state index in [9.17, 15) is 5.26 Å². The molecular weight excluding hydrogens is 432 g/mol. The molecule has 0 atom stereocenters. The minimum atomic E-state index is 0.476. The van der Waals surface area contributed by atoms with Gasteiger partial charge in [-0.15, -0.1) is 0 Å². The smallest absolute Gasteiger partial charge is 0.181 e. The van der Waals surface area contributed by atoms with Crippen LogP contribution in [0.4, 0.5) is 5.69 Å². The van der Waals surface area contributed by atoms with Crippen LogP contribution in [-0.2, 0) is 4.74 Å². The molecule has 34 heavy (non-hydrogen) atoms. The van der Waals surface area contributed by atoms with Crippen LogP contribution in [0.25, 0.3) is 44.8 Å². The van der Waals surface area contributed by atoms with Gasteiger partial charge in [-0.3, -0.25) is 15.0 Å². The molecule has 0 radical (unpaired) electrons. The highest BCUT2D eigenvalue weighted by Crippen LogP contribution is 2.29. The SMILES string of the molecule is N#Cc1ccnc2nc(-c3[nH]nc4ncc(-c5cncc(NCN6CCOCC6)c5)cc34)[nH]c12. The zero-order valence-corrected chi connectivity index (χ0v) is 18.1. The number of fused-ring (bicyclic) bond motifs is 2. The van der Waals surface area contributed by atoms with Crippen molar-refractivity contribution in [1.82, 2.24) is 40.0 Å². The number of morpholine rings is 1. The molecule has 0 amide bonds. The number of nitriles is 1. The van der Waals surface area contributed by atoms with E-state index in [0.29, 0.717) is 33.9 Å². The average molecular weight is 452 g/mol. The van der Waals surface area contributed by atoms with Gasteiger partial charge in [0, 0.05) is 42.8 Å². The number of hydrogen-bond acceptors (Lipinski definition) is 9. The highest BCUT2D eigenvalue weighted by Gasteiger charge is 2.16. The quantitative estimate of drug-likeness (QED) is 0.366. The Balaban J connectivity index is 1.32. The summed E-state index contributed by atoms with van der Waals surface area (Å²) in [5, 5.41) is 20.9. The molecule has 168 valence electrons. The van der Waals surface area contributed by atoms with Gasteiger partial charge in [0.05, 0.1) is 42.7 Å². The van der Waals surface area contributed by atoms with Gasteiger partial charge in [-0.1, -0.05) is 0 Å². The highest BCUT2D eigenvalue weighted by molar-refractivity contribution is 5.93.